The predicted octanol–water partition coefficient (Wildman–Crippen LogP) is 1.90. The third-order valence-electron chi connectivity index (χ3n) is 2.92. The number of aromatic hydroxyl groups is 2. The van der Waals surface area contributed by atoms with E-state index < -0.39 is 24.2 Å². The van der Waals surface area contributed by atoms with Gasteiger partial charge in [-0.05, 0) is 24.3 Å². The molecule has 7 nitrogen and oxygen atoms in total. The van der Waals surface area contributed by atoms with Crippen LogP contribution < -0.4 is 10.1 Å². The fraction of sp³-hybridized carbons (Fsp3) is 0.125. The van der Waals surface area contributed by atoms with Crippen LogP contribution in [-0.2, 0) is 9.53 Å². The number of hydrogen-bond acceptors (Lipinski definition) is 6. The standard InChI is InChI=1S/C16H15NO6/c1-22-14-5-3-2-4-12(14)17-15(20)9-23-16(21)11-7-6-10(18)8-13(11)19/h2-8,18-19H,9H2,1H3,(H,17,20). The van der Waals surface area contributed by atoms with Crippen molar-refractivity contribution in [3.05, 3.63) is 48.0 Å². The van der Waals surface area contributed by atoms with Crippen LogP contribution in [0.1, 0.15) is 10.4 Å². The molecular weight excluding hydrogens is 302 g/mol. The van der Waals surface area contributed by atoms with E-state index in [9.17, 15) is 14.7 Å². The van der Waals surface area contributed by atoms with Crippen LogP contribution in [0.4, 0.5) is 5.69 Å². The van der Waals surface area contributed by atoms with E-state index in [1.54, 1.807) is 24.3 Å². The number of methoxy groups -OCH3 is 1. The number of rotatable bonds is 5. The van der Waals surface area contributed by atoms with Crippen LogP contribution in [-0.4, -0.2) is 35.8 Å². The molecule has 0 atom stereocenters. The van der Waals surface area contributed by atoms with Gasteiger partial charge in [0.15, 0.2) is 6.61 Å². The minimum absolute atomic E-state index is 0.145. The highest BCUT2D eigenvalue weighted by Gasteiger charge is 2.15. The SMILES string of the molecule is COc1ccccc1NC(=O)COC(=O)c1ccc(O)cc1O. The van der Waals surface area contributed by atoms with Crippen molar-refractivity contribution < 1.29 is 29.3 Å². The lowest BCUT2D eigenvalue weighted by Crippen LogP contribution is -2.21. The van der Waals surface area contributed by atoms with Crippen molar-refractivity contribution in [1.29, 1.82) is 0 Å². The first-order valence-corrected chi connectivity index (χ1v) is 6.63. The third-order valence-corrected chi connectivity index (χ3v) is 2.92. The largest absolute Gasteiger partial charge is 0.508 e. The van der Waals surface area contributed by atoms with Gasteiger partial charge in [0.1, 0.15) is 22.8 Å². The molecule has 7 heteroatoms. The smallest absolute Gasteiger partial charge is 0.342 e. The summed E-state index contributed by atoms with van der Waals surface area (Å²) in [6, 6.07) is 10.2. The van der Waals surface area contributed by atoms with Gasteiger partial charge in [0.25, 0.3) is 5.91 Å². The van der Waals surface area contributed by atoms with Gasteiger partial charge in [0.2, 0.25) is 0 Å². The van der Waals surface area contributed by atoms with Gasteiger partial charge in [-0.25, -0.2) is 4.79 Å². The van der Waals surface area contributed by atoms with E-state index in [4.69, 9.17) is 14.6 Å². The van der Waals surface area contributed by atoms with Gasteiger partial charge in [-0.3, -0.25) is 4.79 Å². The lowest BCUT2D eigenvalue weighted by Gasteiger charge is -2.10. The predicted molar refractivity (Wildman–Crippen MR) is 81.7 cm³/mol. The zero-order valence-electron chi connectivity index (χ0n) is 12.3. The Morgan fingerprint density at radius 3 is 2.57 bits per heavy atom. The summed E-state index contributed by atoms with van der Waals surface area (Å²) in [5, 5.41) is 21.3. The van der Waals surface area contributed by atoms with Gasteiger partial charge in [-0.15, -0.1) is 0 Å². The molecule has 0 aromatic heterocycles. The lowest BCUT2D eigenvalue weighted by molar-refractivity contribution is -0.119. The first kappa shape index (κ1) is 16.2. The minimum Gasteiger partial charge on any atom is -0.508 e. The maximum absolute atomic E-state index is 11.8. The molecule has 0 bridgehead atoms. The number of nitrogens with one attached hydrogen (secondary N) is 1. The summed E-state index contributed by atoms with van der Waals surface area (Å²) in [5.74, 6) is -1.57. The highest BCUT2D eigenvalue weighted by molar-refractivity contribution is 5.97. The highest BCUT2D eigenvalue weighted by atomic mass is 16.5. The number of carbonyl (C=O) groups is 2. The van der Waals surface area contributed by atoms with E-state index in [0.29, 0.717) is 11.4 Å². The van der Waals surface area contributed by atoms with Gasteiger partial charge in [0.05, 0.1) is 12.8 Å². The average molecular weight is 317 g/mol. The number of ether oxygens (including phenoxy) is 2. The molecule has 0 aliphatic rings. The first-order chi connectivity index (χ1) is 11.0. The van der Waals surface area contributed by atoms with Crippen molar-refractivity contribution in [3.8, 4) is 17.2 Å². The maximum Gasteiger partial charge on any atom is 0.342 e. The van der Waals surface area contributed by atoms with Crippen molar-refractivity contribution >= 4 is 17.6 Å². The molecule has 120 valence electrons. The van der Waals surface area contributed by atoms with E-state index in [0.717, 1.165) is 6.07 Å². The van der Waals surface area contributed by atoms with Crippen LogP contribution >= 0.6 is 0 Å². The number of phenolic OH excluding ortho intramolecular Hbond substituents is 2. The Balaban J connectivity index is 1.95. The Morgan fingerprint density at radius 1 is 1.13 bits per heavy atom. The van der Waals surface area contributed by atoms with Crippen LogP contribution in [0.2, 0.25) is 0 Å². The number of esters is 1. The van der Waals surface area contributed by atoms with Crippen molar-refractivity contribution in [2.24, 2.45) is 0 Å². The van der Waals surface area contributed by atoms with E-state index >= 15 is 0 Å². The second kappa shape index (κ2) is 7.17. The topological polar surface area (TPSA) is 105 Å². The summed E-state index contributed by atoms with van der Waals surface area (Å²) >= 11 is 0. The van der Waals surface area contributed by atoms with Gasteiger partial charge in [0, 0.05) is 6.07 Å². The van der Waals surface area contributed by atoms with Crippen molar-refractivity contribution in [2.45, 2.75) is 0 Å². The van der Waals surface area contributed by atoms with Crippen molar-refractivity contribution in [3.63, 3.8) is 0 Å². The van der Waals surface area contributed by atoms with Crippen LogP contribution in [0, 0.1) is 0 Å². The number of para-hydroxylation sites is 2. The lowest BCUT2D eigenvalue weighted by atomic mass is 10.2. The minimum atomic E-state index is -0.877. The zero-order valence-corrected chi connectivity index (χ0v) is 12.3. The van der Waals surface area contributed by atoms with Gasteiger partial charge in [-0.1, -0.05) is 12.1 Å². The molecule has 23 heavy (non-hydrogen) atoms. The van der Waals surface area contributed by atoms with Gasteiger partial charge < -0.3 is 25.0 Å². The Labute approximate surface area is 132 Å². The molecule has 0 unspecified atom stereocenters. The summed E-state index contributed by atoms with van der Waals surface area (Å²) < 4.78 is 9.91. The summed E-state index contributed by atoms with van der Waals surface area (Å²) in [4.78, 5) is 23.6. The summed E-state index contributed by atoms with van der Waals surface area (Å²) in [6.45, 7) is -0.531. The van der Waals surface area contributed by atoms with Gasteiger partial charge >= 0.3 is 5.97 Å². The third kappa shape index (κ3) is 4.13. The molecule has 3 N–H and O–H groups in total. The molecule has 0 aliphatic carbocycles. The van der Waals surface area contributed by atoms with E-state index in [1.165, 1.54) is 19.2 Å². The molecule has 0 radical (unpaired) electrons. The Kier molecular flexibility index (Phi) is 5.03. The van der Waals surface area contributed by atoms with Crippen molar-refractivity contribution in [2.75, 3.05) is 19.0 Å². The van der Waals surface area contributed by atoms with Crippen LogP contribution in [0.3, 0.4) is 0 Å². The Morgan fingerprint density at radius 2 is 1.87 bits per heavy atom. The summed E-state index contributed by atoms with van der Waals surface area (Å²) in [7, 11) is 1.47. The van der Waals surface area contributed by atoms with Gasteiger partial charge in [-0.2, -0.15) is 0 Å². The molecule has 2 aromatic rings. The van der Waals surface area contributed by atoms with Crippen LogP contribution in [0.15, 0.2) is 42.5 Å². The fourth-order valence-corrected chi connectivity index (χ4v) is 1.84. The van der Waals surface area contributed by atoms with Crippen LogP contribution in [0.5, 0.6) is 17.2 Å². The fourth-order valence-electron chi connectivity index (χ4n) is 1.84. The second-order valence-corrected chi connectivity index (χ2v) is 4.53. The molecule has 2 aromatic carbocycles. The quantitative estimate of drug-likeness (QED) is 0.727. The molecule has 2 rings (SSSR count). The zero-order chi connectivity index (χ0) is 16.8. The molecule has 0 saturated heterocycles. The Hall–Kier alpha value is -3.22. The van der Waals surface area contributed by atoms with E-state index in [-0.39, 0.29) is 11.3 Å². The number of phenols is 2. The second-order valence-electron chi connectivity index (χ2n) is 4.53. The number of amides is 1. The summed E-state index contributed by atoms with van der Waals surface area (Å²) in [6.07, 6.45) is 0. The number of anilines is 1. The van der Waals surface area contributed by atoms with E-state index in [2.05, 4.69) is 5.32 Å². The van der Waals surface area contributed by atoms with Crippen molar-refractivity contribution in [1.82, 2.24) is 0 Å². The van der Waals surface area contributed by atoms with Crippen LogP contribution in [0.25, 0.3) is 0 Å². The molecule has 1 amide bonds. The summed E-state index contributed by atoms with van der Waals surface area (Å²) in [5.41, 5.74) is 0.302. The normalized spacial score (nSPS) is 9.96. The number of hydrogen-bond donors (Lipinski definition) is 3. The molecule has 0 heterocycles. The number of carbonyl (C=O) groups excluding carboxylic acids is 2. The molecular formula is C16H15NO6. The monoisotopic (exact) mass is 317 g/mol. The average Bonchev–Trinajstić information content (AvgIpc) is 2.53. The highest BCUT2D eigenvalue weighted by Crippen LogP contribution is 2.24. The number of benzene rings is 2. The van der Waals surface area contributed by atoms with E-state index in [1.807, 2.05) is 0 Å². The maximum atomic E-state index is 11.8. The Bertz CT molecular complexity index is 728. The molecule has 0 fully saturated rings. The first-order valence-electron chi connectivity index (χ1n) is 6.63. The molecule has 0 spiro atoms. The molecule has 0 saturated carbocycles. The molecule has 0 aliphatic heterocycles.